The van der Waals surface area contributed by atoms with Crippen molar-refractivity contribution in [3.05, 3.63) is 0 Å². The molecule has 0 bridgehead atoms. The lowest BCUT2D eigenvalue weighted by Gasteiger charge is -1.78. The summed E-state index contributed by atoms with van der Waals surface area (Å²) >= 11 is 0. The van der Waals surface area contributed by atoms with Gasteiger partial charge in [-0.15, -0.1) is 0 Å². The van der Waals surface area contributed by atoms with Crippen molar-refractivity contribution >= 4 is 13.5 Å². The van der Waals surface area contributed by atoms with Crippen molar-refractivity contribution < 1.29 is 0 Å². The lowest BCUT2D eigenvalue weighted by molar-refractivity contribution is 1.14. The van der Waals surface area contributed by atoms with Crippen LogP contribution in [-0.4, -0.2) is 20.0 Å². The van der Waals surface area contributed by atoms with E-state index in [2.05, 4.69) is 4.99 Å². The molecule has 2 nitrogen and oxygen atoms in total. The first-order valence-electron chi connectivity index (χ1n) is 2.01. The van der Waals surface area contributed by atoms with Crippen LogP contribution in [0.5, 0.6) is 0 Å². The topological polar surface area (TPSA) is 36.1 Å². The van der Waals surface area contributed by atoms with Crippen molar-refractivity contribution in [2.24, 2.45) is 4.99 Å². The second kappa shape index (κ2) is 3.42. The SMILES string of the molecule is [B]C(C#N)=NCC. The van der Waals surface area contributed by atoms with Crippen molar-refractivity contribution in [2.45, 2.75) is 6.92 Å². The predicted octanol–water partition coefficient (Wildman–Crippen LogP) is 0.0969. The Hall–Kier alpha value is -0.775. The summed E-state index contributed by atoms with van der Waals surface area (Å²) in [7, 11) is 4.97. The van der Waals surface area contributed by atoms with Crippen LogP contribution in [-0.2, 0) is 0 Å². The van der Waals surface area contributed by atoms with Gasteiger partial charge in [-0.25, -0.2) is 0 Å². The van der Waals surface area contributed by atoms with E-state index in [1.807, 2.05) is 6.92 Å². The Morgan fingerprint density at radius 1 is 2.00 bits per heavy atom. The Bertz CT molecular complexity index is 111. The molecule has 0 spiro atoms. The average Bonchev–Trinajstić information content (AvgIpc) is 1.68. The van der Waals surface area contributed by atoms with Crippen LogP contribution in [0, 0.1) is 11.3 Å². The van der Waals surface area contributed by atoms with E-state index in [4.69, 9.17) is 13.1 Å². The van der Waals surface area contributed by atoms with Gasteiger partial charge in [-0.2, -0.15) is 5.26 Å². The van der Waals surface area contributed by atoms with Gasteiger partial charge >= 0.3 is 0 Å². The largest absolute Gasteiger partial charge is 0.291 e. The summed E-state index contributed by atoms with van der Waals surface area (Å²) in [5, 5.41) is 7.96. The van der Waals surface area contributed by atoms with Crippen molar-refractivity contribution in [2.75, 3.05) is 6.54 Å². The molecule has 2 radical (unpaired) electrons. The molecule has 0 N–H and O–H groups in total. The molecular formula is C4H5BN2. The summed E-state index contributed by atoms with van der Waals surface area (Å²) in [4.78, 5) is 3.58. The summed E-state index contributed by atoms with van der Waals surface area (Å²) < 4.78 is 0. The molecule has 0 rings (SSSR count). The van der Waals surface area contributed by atoms with Gasteiger partial charge in [0.05, 0.1) is 5.61 Å². The van der Waals surface area contributed by atoms with Crippen molar-refractivity contribution in [3.8, 4) is 6.07 Å². The van der Waals surface area contributed by atoms with E-state index < -0.39 is 0 Å². The molecule has 0 aromatic carbocycles. The molecule has 0 heterocycles. The molecule has 0 unspecified atom stereocenters. The normalized spacial score (nSPS) is 10.6. The highest BCUT2D eigenvalue weighted by atomic mass is 14.7. The van der Waals surface area contributed by atoms with E-state index in [0.717, 1.165) is 0 Å². The van der Waals surface area contributed by atoms with E-state index >= 15 is 0 Å². The van der Waals surface area contributed by atoms with Crippen LogP contribution in [0.4, 0.5) is 0 Å². The molecule has 3 heteroatoms. The average molecular weight is 91.9 g/mol. The van der Waals surface area contributed by atoms with Crippen LogP contribution >= 0.6 is 0 Å². The molecule has 7 heavy (non-hydrogen) atoms. The van der Waals surface area contributed by atoms with Gasteiger partial charge in [0, 0.05) is 6.54 Å². The molecular weight excluding hydrogens is 86.9 g/mol. The zero-order chi connectivity index (χ0) is 5.70. The van der Waals surface area contributed by atoms with Crippen LogP contribution in [0.2, 0.25) is 0 Å². The van der Waals surface area contributed by atoms with Gasteiger partial charge in [-0.1, -0.05) is 0 Å². The minimum Gasteiger partial charge on any atom is -0.291 e. The lowest BCUT2D eigenvalue weighted by atomic mass is 10.0. The Balaban J connectivity index is 3.57. The van der Waals surface area contributed by atoms with E-state index in [9.17, 15) is 0 Å². The van der Waals surface area contributed by atoms with Crippen LogP contribution in [0.25, 0.3) is 0 Å². The van der Waals surface area contributed by atoms with Gasteiger partial charge in [0.1, 0.15) is 6.07 Å². The monoisotopic (exact) mass is 92.1 g/mol. The predicted molar refractivity (Wildman–Crippen MR) is 29.3 cm³/mol. The molecule has 0 amide bonds. The van der Waals surface area contributed by atoms with Crippen molar-refractivity contribution in [3.63, 3.8) is 0 Å². The first-order chi connectivity index (χ1) is 3.31. The Labute approximate surface area is 44.3 Å². The van der Waals surface area contributed by atoms with Crippen LogP contribution in [0.3, 0.4) is 0 Å². The third kappa shape index (κ3) is 3.04. The standard InChI is InChI=1S/C4H5BN2/c1-2-7-4(5)3-6/h2H2,1H3. The number of hydrogen-bond donors (Lipinski definition) is 0. The van der Waals surface area contributed by atoms with Gasteiger partial charge in [-0.3, -0.25) is 4.99 Å². The fourth-order valence-corrected chi connectivity index (χ4v) is 0.206. The summed E-state index contributed by atoms with van der Waals surface area (Å²) in [6.45, 7) is 2.41. The second-order valence-electron chi connectivity index (χ2n) is 0.971. The molecule has 0 aliphatic carbocycles. The van der Waals surface area contributed by atoms with Gasteiger partial charge in [0.25, 0.3) is 0 Å². The third-order valence-corrected chi connectivity index (χ3v) is 0.443. The highest BCUT2D eigenvalue weighted by Gasteiger charge is 1.77. The quantitative estimate of drug-likeness (QED) is 0.333. The van der Waals surface area contributed by atoms with Gasteiger partial charge in [0.2, 0.25) is 0 Å². The summed E-state index contributed by atoms with van der Waals surface area (Å²) in [5.74, 6) is 0. The van der Waals surface area contributed by atoms with Gasteiger partial charge in [0.15, 0.2) is 7.85 Å². The first kappa shape index (κ1) is 6.22. The molecule has 0 fully saturated rings. The third-order valence-electron chi connectivity index (χ3n) is 0.443. The Morgan fingerprint density at radius 2 is 2.57 bits per heavy atom. The maximum Gasteiger partial charge on any atom is 0.157 e. The Morgan fingerprint density at radius 3 is 2.71 bits per heavy atom. The fraction of sp³-hybridized carbons (Fsp3) is 0.500. The molecule has 0 aromatic heterocycles. The molecule has 34 valence electrons. The number of aliphatic imine (C=N–C) groups is 1. The highest BCUT2D eigenvalue weighted by Crippen LogP contribution is 1.67. The van der Waals surface area contributed by atoms with Crippen LogP contribution in [0.15, 0.2) is 4.99 Å². The number of rotatable bonds is 1. The summed E-state index contributed by atoms with van der Waals surface area (Å²) in [6.07, 6.45) is 0. The minimum absolute atomic E-state index is 0.0579. The maximum atomic E-state index is 7.96. The van der Waals surface area contributed by atoms with Gasteiger partial charge in [-0.05, 0) is 6.92 Å². The van der Waals surface area contributed by atoms with Crippen LogP contribution in [0.1, 0.15) is 6.92 Å². The first-order valence-corrected chi connectivity index (χ1v) is 2.01. The molecule has 0 aliphatic heterocycles. The fourth-order valence-electron chi connectivity index (χ4n) is 0.206. The van der Waals surface area contributed by atoms with E-state index in [1.165, 1.54) is 0 Å². The molecule has 0 saturated carbocycles. The zero-order valence-corrected chi connectivity index (χ0v) is 4.18. The number of hydrogen-bond acceptors (Lipinski definition) is 2. The minimum atomic E-state index is 0.0579. The maximum absolute atomic E-state index is 7.96. The van der Waals surface area contributed by atoms with Crippen molar-refractivity contribution in [1.82, 2.24) is 0 Å². The van der Waals surface area contributed by atoms with Gasteiger partial charge < -0.3 is 0 Å². The van der Waals surface area contributed by atoms with E-state index in [1.54, 1.807) is 6.07 Å². The highest BCUT2D eigenvalue weighted by molar-refractivity contribution is 6.64. The number of nitrogens with zero attached hydrogens (tertiary/aromatic N) is 2. The smallest absolute Gasteiger partial charge is 0.157 e. The van der Waals surface area contributed by atoms with E-state index in [0.29, 0.717) is 6.54 Å². The number of nitriles is 1. The summed E-state index contributed by atoms with van der Waals surface area (Å²) in [6, 6.07) is 1.69. The molecule has 0 aromatic rings. The van der Waals surface area contributed by atoms with E-state index in [-0.39, 0.29) is 5.61 Å². The molecule has 0 saturated heterocycles. The Kier molecular flexibility index (Phi) is 3.04. The molecule has 0 atom stereocenters. The van der Waals surface area contributed by atoms with Crippen molar-refractivity contribution in [1.29, 1.82) is 5.26 Å². The lowest BCUT2D eigenvalue weighted by Crippen LogP contribution is -1.90. The molecule has 0 aliphatic rings. The zero-order valence-electron chi connectivity index (χ0n) is 4.18. The van der Waals surface area contributed by atoms with Crippen LogP contribution < -0.4 is 0 Å². The second-order valence-corrected chi connectivity index (χ2v) is 0.971. The summed E-state index contributed by atoms with van der Waals surface area (Å²) in [5.41, 5.74) is 0.0579.